The van der Waals surface area contributed by atoms with Crippen molar-refractivity contribution in [3.8, 4) is 5.75 Å². The fourth-order valence-corrected chi connectivity index (χ4v) is 3.26. The van der Waals surface area contributed by atoms with E-state index in [2.05, 4.69) is 32.3 Å². The van der Waals surface area contributed by atoms with Gasteiger partial charge in [0.1, 0.15) is 11.9 Å². The van der Waals surface area contributed by atoms with Gasteiger partial charge >= 0.3 is 5.00 Å². The molecular formula is C12H10BrN3O3S. The molecule has 0 saturated heterocycles. The minimum atomic E-state index is -0.442. The highest BCUT2D eigenvalue weighted by Crippen LogP contribution is 2.34. The molecule has 0 aliphatic carbocycles. The highest BCUT2D eigenvalue weighted by Gasteiger charge is 2.18. The summed E-state index contributed by atoms with van der Waals surface area (Å²) in [6.07, 6.45) is 2.17. The van der Waals surface area contributed by atoms with Crippen LogP contribution in [-0.4, -0.2) is 16.5 Å². The molecule has 1 aliphatic rings. The summed E-state index contributed by atoms with van der Waals surface area (Å²) in [5.74, 6) is 0.909. The Labute approximate surface area is 127 Å². The first-order valence-electron chi connectivity index (χ1n) is 5.91. The maximum atomic E-state index is 10.6. The lowest BCUT2D eigenvalue weighted by Gasteiger charge is -2.09. The minimum absolute atomic E-state index is 0.0308. The second-order valence-electron chi connectivity index (χ2n) is 4.27. The highest BCUT2D eigenvalue weighted by atomic mass is 79.9. The second-order valence-corrected chi connectivity index (χ2v) is 6.19. The summed E-state index contributed by atoms with van der Waals surface area (Å²) in [6.45, 7) is 1.22. The van der Waals surface area contributed by atoms with Crippen molar-refractivity contribution >= 4 is 37.4 Å². The van der Waals surface area contributed by atoms with Crippen LogP contribution in [0.2, 0.25) is 0 Å². The average Bonchev–Trinajstić information content (AvgIpc) is 3.04. The van der Waals surface area contributed by atoms with Gasteiger partial charge in [-0.2, -0.15) is 0 Å². The Kier molecular flexibility index (Phi) is 3.58. The fourth-order valence-electron chi connectivity index (χ4n) is 2.08. The molecule has 0 fully saturated rings. The predicted octanol–water partition coefficient (Wildman–Crippen LogP) is 3.36. The van der Waals surface area contributed by atoms with E-state index in [9.17, 15) is 10.1 Å². The maximum absolute atomic E-state index is 10.6. The van der Waals surface area contributed by atoms with E-state index < -0.39 is 4.92 Å². The number of anilines is 1. The van der Waals surface area contributed by atoms with Crippen LogP contribution in [0, 0.1) is 10.1 Å². The zero-order valence-corrected chi connectivity index (χ0v) is 12.7. The molecule has 20 heavy (non-hydrogen) atoms. The molecule has 0 atom stereocenters. The Bertz CT molecular complexity index is 674. The summed E-state index contributed by atoms with van der Waals surface area (Å²) >= 11 is 4.50. The lowest BCUT2D eigenvalue weighted by molar-refractivity contribution is -0.380. The fraction of sp³-hybridized carbons (Fsp3) is 0.250. The van der Waals surface area contributed by atoms with E-state index in [0.29, 0.717) is 18.3 Å². The summed E-state index contributed by atoms with van der Waals surface area (Å²) in [7, 11) is 0. The van der Waals surface area contributed by atoms with E-state index in [-0.39, 0.29) is 5.00 Å². The Morgan fingerprint density at radius 1 is 1.55 bits per heavy atom. The molecule has 104 valence electrons. The molecule has 1 aliphatic heterocycles. The number of nitrogens with one attached hydrogen (secondary N) is 1. The van der Waals surface area contributed by atoms with Gasteiger partial charge in [0, 0.05) is 23.0 Å². The van der Waals surface area contributed by atoms with Gasteiger partial charge in [0.25, 0.3) is 0 Å². The number of halogens is 1. The molecule has 3 rings (SSSR count). The molecule has 0 saturated carbocycles. The molecule has 0 amide bonds. The first-order valence-corrected chi connectivity index (χ1v) is 7.52. The van der Waals surface area contributed by atoms with Crippen LogP contribution in [0.5, 0.6) is 5.75 Å². The molecule has 1 aromatic carbocycles. The summed E-state index contributed by atoms with van der Waals surface area (Å²) in [6, 6.07) is 4.04. The topological polar surface area (TPSA) is 77.3 Å². The monoisotopic (exact) mass is 355 g/mol. The van der Waals surface area contributed by atoms with Crippen LogP contribution >= 0.6 is 27.3 Å². The SMILES string of the molecule is O=[N+]([O-])c1cnc(NCc2cc(Br)cc3c2OCC3)s1. The number of benzene rings is 1. The number of rotatable bonds is 4. The van der Waals surface area contributed by atoms with Gasteiger partial charge in [-0.25, -0.2) is 4.98 Å². The Hall–Kier alpha value is -1.67. The van der Waals surface area contributed by atoms with E-state index in [4.69, 9.17) is 4.74 Å². The molecule has 6 nitrogen and oxygen atoms in total. The smallest absolute Gasteiger partial charge is 0.345 e. The summed E-state index contributed by atoms with van der Waals surface area (Å²) in [5.41, 5.74) is 2.20. The lowest BCUT2D eigenvalue weighted by atomic mass is 10.1. The van der Waals surface area contributed by atoms with Crippen molar-refractivity contribution in [2.45, 2.75) is 13.0 Å². The predicted molar refractivity (Wildman–Crippen MR) is 79.4 cm³/mol. The average molecular weight is 356 g/mol. The van der Waals surface area contributed by atoms with E-state index >= 15 is 0 Å². The van der Waals surface area contributed by atoms with Gasteiger partial charge in [-0.15, -0.1) is 0 Å². The molecule has 2 aromatic rings. The normalized spacial score (nSPS) is 12.8. The van der Waals surface area contributed by atoms with Gasteiger partial charge in [-0.3, -0.25) is 10.1 Å². The van der Waals surface area contributed by atoms with Crippen LogP contribution in [0.3, 0.4) is 0 Å². The first-order chi connectivity index (χ1) is 9.63. The van der Waals surface area contributed by atoms with E-state index in [1.54, 1.807) is 0 Å². The van der Waals surface area contributed by atoms with E-state index in [0.717, 1.165) is 33.5 Å². The van der Waals surface area contributed by atoms with E-state index in [1.165, 1.54) is 11.8 Å². The number of fused-ring (bicyclic) bond motifs is 1. The molecule has 2 heterocycles. The van der Waals surface area contributed by atoms with Crippen LogP contribution in [-0.2, 0) is 13.0 Å². The van der Waals surface area contributed by atoms with Crippen molar-refractivity contribution in [1.29, 1.82) is 0 Å². The Morgan fingerprint density at radius 3 is 3.15 bits per heavy atom. The number of hydrogen-bond acceptors (Lipinski definition) is 6. The van der Waals surface area contributed by atoms with Crippen molar-refractivity contribution in [3.63, 3.8) is 0 Å². The number of nitrogens with zero attached hydrogens (tertiary/aromatic N) is 2. The number of nitro groups is 1. The van der Waals surface area contributed by atoms with Crippen LogP contribution in [0.15, 0.2) is 22.8 Å². The third-order valence-electron chi connectivity index (χ3n) is 2.93. The molecule has 0 unspecified atom stereocenters. The quantitative estimate of drug-likeness (QED) is 0.671. The summed E-state index contributed by atoms with van der Waals surface area (Å²) in [5, 5.41) is 14.3. The molecule has 1 N–H and O–H groups in total. The number of ether oxygens (including phenoxy) is 1. The van der Waals surface area contributed by atoms with Crippen LogP contribution in [0.25, 0.3) is 0 Å². The van der Waals surface area contributed by atoms with Crippen molar-refractivity contribution in [2.75, 3.05) is 11.9 Å². The van der Waals surface area contributed by atoms with Gasteiger partial charge in [0.05, 0.1) is 11.5 Å². The summed E-state index contributed by atoms with van der Waals surface area (Å²) < 4.78 is 6.63. The first kappa shape index (κ1) is 13.3. The van der Waals surface area contributed by atoms with Crippen molar-refractivity contribution in [1.82, 2.24) is 4.98 Å². The minimum Gasteiger partial charge on any atom is -0.493 e. The Morgan fingerprint density at radius 2 is 2.40 bits per heavy atom. The molecule has 8 heteroatoms. The van der Waals surface area contributed by atoms with Crippen LogP contribution in [0.4, 0.5) is 10.1 Å². The molecule has 0 radical (unpaired) electrons. The third kappa shape index (κ3) is 2.61. The second kappa shape index (κ2) is 5.37. The van der Waals surface area contributed by atoms with Gasteiger partial charge < -0.3 is 10.1 Å². The molecule has 0 spiro atoms. The van der Waals surface area contributed by atoms with Crippen LogP contribution in [0.1, 0.15) is 11.1 Å². The molecular weight excluding hydrogens is 346 g/mol. The number of thiazole rings is 1. The largest absolute Gasteiger partial charge is 0.493 e. The lowest BCUT2D eigenvalue weighted by Crippen LogP contribution is -2.01. The number of hydrogen-bond donors (Lipinski definition) is 1. The standard InChI is InChI=1S/C12H10BrN3O3S/c13-9-3-7-1-2-19-11(7)8(4-9)5-14-12-15-6-10(20-12)16(17)18/h3-4,6H,1-2,5H2,(H,14,15). The third-order valence-corrected chi connectivity index (χ3v) is 4.29. The van der Waals surface area contributed by atoms with Crippen molar-refractivity contribution in [2.24, 2.45) is 0 Å². The van der Waals surface area contributed by atoms with Gasteiger partial charge in [-0.05, 0) is 29.0 Å². The van der Waals surface area contributed by atoms with Gasteiger partial charge in [0.15, 0.2) is 5.13 Å². The van der Waals surface area contributed by atoms with Crippen LogP contribution < -0.4 is 10.1 Å². The molecule has 0 bridgehead atoms. The van der Waals surface area contributed by atoms with E-state index in [1.807, 2.05) is 6.07 Å². The Balaban J connectivity index is 1.76. The zero-order valence-electron chi connectivity index (χ0n) is 10.3. The summed E-state index contributed by atoms with van der Waals surface area (Å²) in [4.78, 5) is 14.1. The zero-order chi connectivity index (χ0) is 14.1. The van der Waals surface area contributed by atoms with Gasteiger partial charge in [0.2, 0.25) is 0 Å². The highest BCUT2D eigenvalue weighted by molar-refractivity contribution is 9.10. The maximum Gasteiger partial charge on any atom is 0.345 e. The number of aromatic nitrogens is 1. The van der Waals surface area contributed by atoms with Gasteiger partial charge in [-0.1, -0.05) is 15.9 Å². The van der Waals surface area contributed by atoms with Crippen molar-refractivity contribution in [3.05, 3.63) is 44.0 Å². The molecule has 1 aromatic heterocycles. The van der Waals surface area contributed by atoms with Crippen molar-refractivity contribution < 1.29 is 9.66 Å².